The van der Waals surface area contributed by atoms with Gasteiger partial charge in [0.15, 0.2) is 6.39 Å². The molecule has 1 unspecified atom stereocenters. The molecule has 24 heavy (non-hydrogen) atoms. The zero-order valence-corrected chi connectivity index (χ0v) is 14.3. The summed E-state index contributed by atoms with van der Waals surface area (Å²) in [7, 11) is 0. The van der Waals surface area contributed by atoms with Gasteiger partial charge >= 0.3 is 0 Å². The SMILES string of the molecule is Cc1ncoc1C(=O)N1CCOC2(COCC(=O)N(C(C)C)C2)C1. The Balaban J connectivity index is 1.80. The number of hydrogen-bond donors (Lipinski definition) is 0. The number of oxazole rings is 1. The molecule has 0 saturated carbocycles. The highest BCUT2D eigenvalue weighted by Gasteiger charge is 2.44. The van der Waals surface area contributed by atoms with E-state index in [9.17, 15) is 9.59 Å². The van der Waals surface area contributed by atoms with Gasteiger partial charge in [0.25, 0.3) is 5.91 Å². The summed E-state index contributed by atoms with van der Waals surface area (Å²) in [6.45, 7) is 7.59. The number of aryl methyl sites for hydroxylation is 1. The molecule has 1 aromatic rings. The minimum Gasteiger partial charge on any atom is -0.438 e. The molecule has 0 N–H and O–H groups in total. The molecule has 2 aliphatic rings. The van der Waals surface area contributed by atoms with Crippen molar-refractivity contribution in [2.75, 3.05) is 39.5 Å². The first-order valence-electron chi connectivity index (χ1n) is 8.12. The normalized spacial score (nSPS) is 25.4. The molecule has 2 fully saturated rings. The van der Waals surface area contributed by atoms with Crippen molar-refractivity contribution in [1.82, 2.24) is 14.8 Å². The summed E-state index contributed by atoms with van der Waals surface area (Å²) in [5.74, 6) is -0.0160. The Labute approximate surface area is 140 Å². The van der Waals surface area contributed by atoms with E-state index < -0.39 is 5.60 Å². The molecule has 132 valence electrons. The van der Waals surface area contributed by atoms with Gasteiger partial charge in [-0.3, -0.25) is 9.59 Å². The molecule has 2 aliphatic heterocycles. The minimum absolute atomic E-state index is 0.0401. The second-order valence-corrected chi connectivity index (χ2v) is 6.63. The van der Waals surface area contributed by atoms with Crippen LogP contribution in [0.5, 0.6) is 0 Å². The van der Waals surface area contributed by atoms with Crippen molar-refractivity contribution in [2.45, 2.75) is 32.4 Å². The Kier molecular flexibility index (Phi) is 4.60. The Morgan fingerprint density at radius 2 is 2.17 bits per heavy atom. The topological polar surface area (TPSA) is 85.1 Å². The standard InChI is InChI=1S/C16H23N3O5/c1-11(2)19-8-16(9-22-6-13(19)20)7-18(4-5-24-16)15(21)14-12(3)17-10-23-14/h10-11H,4-9H2,1-3H3. The molecular weight excluding hydrogens is 314 g/mol. The highest BCUT2D eigenvalue weighted by Crippen LogP contribution is 2.25. The average Bonchev–Trinajstić information content (AvgIpc) is 2.91. The lowest BCUT2D eigenvalue weighted by Gasteiger charge is -2.43. The first kappa shape index (κ1) is 16.9. The smallest absolute Gasteiger partial charge is 0.291 e. The summed E-state index contributed by atoms with van der Waals surface area (Å²) in [4.78, 5) is 32.3. The average molecular weight is 337 g/mol. The van der Waals surface area contributed by atoms with E-state index in [0.717, 1.165) is 0 Å². The van der Waals surface area contributed by atoms with Gasteiger partial charge in [-0.15, -0.1) is 0 Å². The number of carbonyl (C=O) groups excluding carboxylic acids is 2. The third-order valence-corrected chi connectivity index (χ3v) is 4.47. The van der Waals surface area contributed by atoms with Gasteiger partial charge in [-0.05, 0) is 20.8 Å². The third-order valence-electron chi connectivity index (χ3n) is 4.47. The highest BCUT2D eigenvalue weighted by atomic mass is 16.5. The number of carbonyl (C=O) groups is 2. The van der Waals surface area contributed by atoms with E-state index in [2.05, 4.69) is 4.98 Å². The lowest BCUT2D eigenvalue weighted by molar-refractivity contribution is -0.140. The minimum atomic E-state index is -0.710. The van der Waals surface area contributed by atoms with Gasteiger partial charge in [0.05, 0.1) is 32.0 Å². The maximum atomic E-state index is 12.7. The van der Waals surface area contributed by atoms with Gasteiger partial charge < -0.3 is 23.7 Å². The number of aromatic nitrogens is 1. The number of morpholine rings is 1. The fraction of sp³-hybridized carbons (Fsp3) is 0.688. The van der Waals surface area contributed by atoms with Gasteiger partial charge in [-0.1, -0.05) is 0 Å². The maximum Gasteiger partial charge on any atom is 0.291 e. The van der Waals surface area contributed by atoms with E-state index >= 15 is 0 Å². The van der Waals surface area contributed by atoms with Crippen LogP contribution < -0.4 is 0 Å². The predicted molar refractivity (Wildman–Crippen MR) is 83.5 cm³/mol. The number of amides is 2. The van der Waals surface area contributed by atoms with Crippen LogP contribution in [-0.2, 0) is 14.3 Å². The molecule has 0 aliphatic carbocycles. The van der Waals surface area contributed by atoms with Gasteiger partial charge in [0, 0.05) is 12.6 Å². The molecule has 1 spiro atoms. The second kappa shape index (κ2) is 6.52. The first-order valence-corrected chi connectivity index (χ1v) is 8.12. The number of hydrogen-bond acceptors (Lipinski definition) is 6. The van der Waals surface area contributed by atoms with E-state index in [1.165, 1.54) is 6.39 Å². The number of nitrogens with zero attached hydrogens (tertiary/aromatic N) is 3. The lowest BCUT2D eigenvalue weighted by atomic mass is 10.0. The largest absolute Gasteiger partial charge is 0.438 e. The maximum absolute atomic E-state index is 12.7. The van der Waals surface area contributed by atoms with E-state index in [1.54, 1.807) is 16.7 Å². The van der Waals surface area contributed by atoms with Crippen molar-refractivity contribution in [1.29, 1.82) is 0 Å². The van der Waals surface area contributed by atoms with Crippen molar-refractivity contribution in [2.24, 2.45) is 0 Å². The molecular formula is C16H23N3O5. The van der Waals surface area contributed by atoms with Crippen molar-refractivity contribution in [3.8, 4) is 0 Å². The van der Waals surface area contributed by atoms with Crippen LogP contribution in [0.15, 0.2) is 10.8 Å². The molecule has 1 atom stereocenters. The third kappa shape index (κ3) is 3.16. The quantitative estimate of drug-likeness (QED) is 0.779. The van der Waals surface area contributed by atoms with Crippen molar-refractivity contribution >= 4 is 11.8 Å². The summed E-state index contributed by atoms with van der Waals surface area (Å²) in [5, 5.41) is 0. The molecule has 8 heteroatoms. The number of ether oxygens (including phenoxy) is 2. The second-order valence-electron chi connectivity index (χ2n) is 6.63. The number of rotatable bonds is 2. The van der Waals surface area contributed by atoms with E-state index in [1.807, 2.05) is 13.8 Å². The summed E-state index contributed by atoms with van der Waals surface area (Å²) >= 11 is 0. The van der Waals surface area contributed by atoms with E-state index in [4.69, 9.17) is 13.9 Å². The predicted octanol–water partition coefficient (Wildman–Crippen LogP) is 0.461. The first-order chi connectivity index (χ1) is 11.4. The Bertz CT molecular complexity index is 629. The zero-order valence-electron chi connectivity index (χ0n) is 14.3. The van der Waals surface area contributed by atoms with Gasteiger partial charge in [0.1, 0.15) is 12.2 Å². The van der Waals surface area contributed by atoms with Gasteiger partial charge in [0.2, 0.25) is 11.7 Å². The fourth-order valence-corrected chi connectivity index (χ4v) is 3.17. The van der Waals surface area contributed by atoms with Crippen LogP contribution in [0.2, 0.25) is 0 Å². The van der Waals surface area contributed by atoms with Crippen LogP contribution in [-0.4, -0.2) is 77.7 Å². The molecule has 1 aromatic heterocycles. The van der Waals surface area contributed by atoms with Crippen LogP contribution in [0.3, 0.4) is 0 Å². The Morgan fingerprint density at radius 1 is 1.38 bits per heavy atom. The summed E-state index contributed by atoms with van der Waals surface area (Å²) in [6, 6.07) is 0.0438. The summed E-state index contributed by atoms with van der Waals surface area (Å²) in [6.07, 6.45) is 1.27. The fourth-order valence-electron chi connectivity index (χ4n) is 3.17. The molecule has 8 nitrogen and oxygen atoms in total. The molecule has 0 bridgehead atoms. The van der Waals surface area contributed by atoms with Crippen LogP contribution in [0.25, 0.3) is 0 Å². The summed E-state index contributed by atoms with van der Waals surface area (Å²) < 4.78 is 16.7. The van der Waals surface area contributed by atoms with Crippen molar-refractivity contribution in [3.63, 3.8) is 0 Å². The summed E-state index contributed by atoms with van der Waals surface area (Å²) in [5.41, 5.74) is -0.144. The highest BCUT2D eigenvalue weighted by molar-refractivity contribution is 5.92. The van der Waals surface area contributed by atoms with Crippen LogP contribution in [0.1, 0.15) is 30.1 Å². The van der Waals surface area contributed by atoms with Crippen molar-refractivity contribution < 1.29 is 23.5 Å². The van der Waals surface area contributed by atoms with E-state index in [-0.39, 0.29) is 36.8 Å². The van der Waals surface area contributed by atoms with Crippen LogP contribution in [0, 0.1) is 6.92 Å². The van der Waals surface area contributed by atoms with E-state index in [0.29, 0.717) is 31.9 Å². The molecule has 3 rings (SSSR count). The van der Waals surface area contributed by atoms with Crippen LogP contribution >= 0.6 is 0 Å². The molecule has 3 heterocycles. The lowest BCUT2D eigenvalue weighted by Crippen LogP contribution is -2.60. The van der Waals surface area contributed by atoms with Gasteiger partial charge in [-0.2, -0.15) is 0 Å². The molecule has 0 radical (unpaired) electrons. The van der Waals surface area contributed by atoms with Crippen LogP contribution in [0.4, 0.5) is 0 Å². The molecule has 2 amide bonds. The Hall–Kier alpha value is -1.93. The van der Waals surface area contributed by atoms with Crippen molar-refractivity contribution in [3.05, 3.63) is 17.8 Å². The zero-order chi connectivity index (χ0) is 17.3. The molecule has 0 aromatic carbocycles. The van der Waals surface area contributed by atoms with Gasteiger partial charge in [-0.25, -0.2) is 4.98 Å². The molecule has 2 saturated heterocycles. The Morgan fingerprint density at radius 3 is 2.83 bits per heavy atom. The monoisotopic (exact) mass is 337 g/mol.